The predicted molar refractivity (Wildman–Crippen MR) is 76.7 cm³/mol. The van der Waals surface area contributed by atoms with Gasteiger partial charge in [0.25, 0.3) is 0 Å². The number of esters is 1. The summed E-state index contributed by atoms with van der Waals surface area (Å²) in [5.74, 6) is -0.350. The average Bonchev–Trinajstić information content (AvgIpc) is 2.83. The van der Waals surface area contributed by atoms with E-state index in [-0.39, 0.29) is 12.6 Å². The Morgan fingerprint density at radius 3 is 2.62 bits per heavy atom. The standard InChI is InChI=1S/C15H28O6/c1-2-3-4-5-6-7-8-13(18)21-12-10-20-15(14(12)19)11(17)9-16/h11-12,14-17,19H,2-10H2,1H3/t11-,12-,14-,15-/m1/s1. The van der Waals surface area contributed by atoms with Gasteiger partial charge in [-0.3, -0.25) is 4.79 Å². The van der Waals surface area contributed by atoms with Crippen molar-refractivity contribution in [3.63, 3.8) is 0 Å². The van der Waals surface area contributed by atoms with E-state index < -0.39 is 31.0 Å². The molecular formula is C15H28O6. The van der Waals surface area contributed by atoms with Crippen molar-refractivity contribution in [1.29, 1.82) is 0 Å². The van der Waals surface area contributed by atoms with Crippen molar-refractivity contribution >= 4 is 5.97 Å². The summed E-state index contributed by atoms with van der Waals surface area (Å²) in [4.78, 5) is 11.7. The van der Waals surface area contributed by atoms with Gasteiger partial charge in [-0.15, -0.1) is 0 Å². The highest BCUT2D eigenvalue weighted by Gasteiger charge is 2.41. The fourth-order valence-electron chi connectivity index (χ4n) is 2.44. The maximum absolute atomic E-state index is 11.7. The molecule has 6 heteroatoms. The second-order valence-electron chi connectivity index (χ2n) is 5.58. The van der Waals surface area contributed by atoms with Crippen LogP contribution >= 0.6 is 0 Å². The molecule has 21 heavy (non-hydrogen) atoms. The maximum Gasteiger partial charge on any atom is 0.306 e. The molecule has 1 fully saturated rings. The van der Waals surface area contributed by atoms with Crippen LogP contribution in [0.4, 0.5) is 0 Å². The molecule has 0 aliphatic carbocycles. The maximum atomic E-state index is 11.7. The molecule has 1 aliphatic heterocycles. The molecule has 3 N–H and O–H groups in total. The highest BCUT2D eigenvalue weighted by molar-refractivity contribution is 5.69. The largest absolute Gasteiger partial charge is 0.457 e. The van der Waals surface area contributed by atoms with Gasteiger partial charge in [0.1, 0.15) is 18.3 Å². The SMILES string of the molecule is CCCCCCCCC(=O)O[C@@H]1CO[C@H]([C@H](O)CO)[C@@H]1O. The molecule has 6 nitrogen and oxygen atoms in total. The summed E-state index contributed by atoms with van der Waals surface area (Å²) >= 11 is 0. The van der Waals surface area contributed by atoms with Crippen LogP contribution < -0.4 is 0 Å². The molecule has 0 radical (unpaired) electrons. The van der Waals surface area contributed by atoms with Gasteiger partial charge in [-0.25, -0.2) is 0 Å². The van der Waals surface area contributed by atoms with Crippen LogP contribution in [0.3, 0.4) is 0 Å². The zero-order valence-electron chi connectivity index (χ0n) is 12.7. The summed E-state index contributed by atoms with van der Waals surface area (Å²) in [6, 6.07) is 0. The third-order valence-electron chi connectivity index (χ3n) is 3.75. The number of aliphatic hydroxyl groups is 3. The number of carbonyl (C=O) groups is 1. The lowest BCUT2D eigenvalue weighted by atomic mass is 10.1. The Kier molecular flexibility index (Phi) is 8.84. The van der Waals surface area contributed by atoms with Crippen molar-refractivity contribution in [2.45, 2.75) is 76.3 Å². The molecule has 1 rings (SSSR count). The first kappa shape index (κ1) is 18.4. The van der Waals surface area contributed by atoms with E-state index in [0.29, 0.717) is 6.42 Å². The van der Waals surface area contributed by atoms with Crippen LogP contribution in [0.25, 0.3) is 0 Å². The second kappa shape index (κ2) is 10.1. The van der Waals surface area contributed by atoms with Gasteiger partial charge in [0.05, 0.1) is 13.2 Å². The molecule has 1 heterocycles. The number of hydrogen-bond donors (Lipinski definition) is 3. The Morgan fingerprint density at radius 2 is 1.95 bits per heavy atom. The molecule has 0 saturated carbocycles. The van der Waals surface area contributed by atoms with Crippen molar-refractivity contribution in [1.82, 2.24) is 0 Å². The Hall–Kier alpha value is -0.690. The summed E-state index contributed by atoms with van der Waals surface area (Å²) in [6.45, 7) is 1.71. The Labute approximate surface area is 126 Å². The number of aliphatic hydroxyl groups excluding tert-OH is 3. The Balaban J connectivity index is 2.17. The molecule has 124 valence electrons. The number of rotatable bonds is 10. The third kappa shape index (κ3) is 6.30. The minimum Gasteiger partial charge on any atom is -0.457 e. The minimum atomic E-state index is -1.16. The zero-order chi connectivity index (χ0) is 15.7. The van der Waals surface area contributed by atoms with E-state index >= 15 is 0 Å². The molecule has 1 saturated heterocycles. The third-order valence-corrected chi connectivity index (χ3v) is 3.75. The van der Waals surface area contributed by atoms with E-state index in [1.165, 1.54) is 19.3 Å². The Morgan fingerprint density at radius 1 is 1.29 bits per heavy atom. The molecule has 4 atom stereocenters. The Bertz CT molecular complexity index is 296. The van der Waals surface area contributed by atoms with Crippen LogP contribution in [0.1, 0.15) is 51.9 Å². The van der Waals surface area contributed by atoms with Gasteiger partial charge < -0.3 is 24.8 Å². The number of ether oxygens (including phenoxy) is 2. The van der Waals surface area contributed by atoms with Crippen molar-refractivity contribution in [2.75, 3.05) is 13.2 Å². The summed E-state index contributed by atoms with van der Waals surface area (Å²) in [7, 11) is 0. The van der Waals surface area contributed by atoms with Gasteiger partial charge >= 0.3 is 5.97 Å². The van der Waals surface area contributed by atoms with Gasteiger partial charge in [-0.2, -0.15) is 0 Å². The molecular weight excluding hydrogens is 276 g/mol. The van der Waals surface area contributed by atoms with E-state index in [4.69, 9.17) is 14.6 Å². The van der Waals surface area contributed by atoms with Crippen LogP contribution in [0.5, 0.6) is 0 Å². The van der Waals surface area contributed by atoms with E-state index in [2.05, 4.69) is 6.92 Å². The summed E-state index contributed by atoms with van der Waals surface area (Å²) in [5.41, 5.74) is 0. The van der Waals surface area contributed by atoms with E-state index in [1.54, 1.807) is 0 Å². The summed E-state index contributed by atoms with van der Waals surface area (Å²) in [5, 5.41) is 28.2. The first-order chi connectivity index (χ1) is 10.1. The lowest BCUT2D eigenvalue weighted by molar-refractivity contribution is -0.153. The number of hydrogen-bond acceptors (Lipinski definition) is 6. The topological polar surface area (TPSA) is 96.2 Å². The number of carbonyl (C=O) groups excluding carboxylic acids is 1. The monoisotopic (exact) mass is 304 g/mol. The van der Waals surface area contributed by atoms with Crippen molar-refractivity contribution in [2.24, 2.45) is 0 Å². The van der Waals surface area contributed by atoms with Crippen LogP contribution in [0, 0.1) is 0 Å². The molecule has 0 bridgehead atoms. The fraction of sp³-hybridized carbons (Fsp3) is 0.933. The zero-order valence-corrected chi connectivity index (χ0v) is 12.7. The first-order valence-corrected chi connectivity index (χ1v) is 7.88. The minimum absolute atomic E-state index is 0.0468. The quantitative estimate of drug-likeness (QED) is 0.407. The predicted octanol–water partition coefficient (Wildman–Crippen LogP) is 0.762. The fourth-order valence-corrected chi connectivity index (χ4v) is 2.44. The average molecular weight is 304 g/mol. The summed E-state index contributed by atoms with van der Waals surface area (Å²) < 4.78 is 10.3. The molecule has 0 aromatic carbocycles. The van der Waals surface area contributed by atoms with E-state index in [9.17, 15) is 15.0 Å². The van der Waals surface area contributed by atoms with Crippen molar-refractivity contribution in [3.05, 3.63) is 0 Å². The molecule has 0 amide bonds. The highest BCUT2D eigenvalue weighted by atomic mass is 16.6. The lowest BCUT2D eigenvalue weighted by Gasteiger charge is -2.20. The lowest BCUT2D eigenvalue weighted by Crippen LogP contribution is -2.41. The molecule has 0 aromatic heterocycles. The van der Waals surface area contributed by atoms with Crippen LogP contribution in [-0.2, 0) is 14.3 Å². The van der Waals surface area contributed by atoms with Gasteiger partial charge in [0.2, 0.25) is 0 Å². The van der Waals surface area contributed by atoms with Crippen LogP contribution in [0.15, 0.2) is 0 Å². The summed E-state index contributed by atoms with van der Waals surface area (Å²) in [6.07, 6.45) is 2.95. The van der Waals surface area contributed by atoms with Gasteiger partial charge in [0.15, 0.2) is 6.10 Å². The van der Waals surface area contributed by atoms with Crippen molar-refractivity contribution < 1.29 is 29.6 Å². The van der Waals surface area contributed by atoms with E-state index in [1.807, 2.05) is 0 Å². The van der Waals surface area contributed by atoms with Crippen LogP contribution in [0.2, 0.25) is 0 Å². The molecule has 0 unspecified atom stereocenters. The second-order valence-corrected chi connectivity index (χ2v) is 5.58. The normalized spacial score (nSPS) is 26.8. The number of unbranched alkanes of at least 4 members (excludes halogenated alkanes) is 5. The van der Waals surface area contributed by atoms with Crippen molar-refractivity contribution in [3.8, 4) is 0 Å². The van der Waals surface area contributed by atoms with Gasteiger partial charge in [-0.1, -0.05) is 39.0 Å². The molecule has 0 aromatic rings. The molecule has 0 spiro atoms. The van der Waals surface area contributed by atoms with E-state index in [0.717, 1.165) is 19.3 Å². The molecule has 1 aliphatic rings. The smallest absolute Gasteiger partial charge is 0.306 e. The van der Waals surface area contributed by atoms with Gasteiger partial charge in [0, 0.05) is 6.42 Å². The highest BCUT2D eigenvalue weighted by Crippen LogP contribution is 2.21. The van der Waals surface area contributed by atoms with Gasteiger partial charge in [-0.05, 0) is 6.42 Å². The van der Waals surface area contributed by atoms with Crippen LogP contribution in [-0.4, -0.2) is 58.9 Å². The first-order valence-electron chi connectivity index (χ1n) is 7.88.